The summed E-state index contributed by atoms with van der Waals surface area (Å²) in [6.45, 7) is 2.80. The van der Waals surface area contributed by atoms with E-state index in [-0.39, 0.29) is 12.5 Å². The lowest BCUT2D eigenvalue weighted by Gasteiger charge is -2.20. The fraction of sp³-hybridized carbons (Fsp3) is 0.600. The first-order valence-electron chi connectivity index (χ1n) is 7.06. The minimum atomic E-state index is -4.09. The van der Waals surface area contributed by atoms with Crippen LogP contribution in [0.3, 0.4) is 0 Å². The van der Waals surface area contributed by atoms with Crippen molar-refractivity contribution in [2.24, 2.45) is 0 Å². The number of hydrogen-bond donors (Lipinski definition) is 1. The third-order valence-electron chi connectivity index (χ3n) is 3.18. The van der Waals surface area contributed by atoms with Gasteiger partial charge in [0.05, 0.1) is 0 Å². The first-order chi connectivity index (χ1) is 9.81. The second kappa shape index (κ2) is 8.86. The topological polar surface area (TPSA) is 12.0 Å². The van der Waals surface area contributed by atoms with Crippen LogP contribution in [0.25, 0.3) is 0 Å². The molecule has 6 heteroatoms. The number of alkyl halides is 3. The van der Waals surface area contributed by atoms with Gasteiger partial charge < -0.3 is 5.32 Å². The highest BCUT2D eigenvalue weighted by Gasteiger charge is 2.26. The third-order valence-corrected chi connectivity index (χ3v) is 3.76. The maximum absolute atomic E-state index is 12.2. The van der Waals surface area contributed by atoms with Crippen molar-refractivity contribution in [3.8, 4) is 0 Å². The van der Waals surface area contributed by atoms with E-state index in [1.807, 2.05) is 13.0 Å². The van der Waals surface area contributed by atoms with Gasteiger partial charge in [-0.25, -0.2) is 0 Å². The molecule has 0 saturated heterocycles. The van der Waals surface area contributed by atoms with E-state index >= 15 is 0 Å². The molecule has 1 N–H and O–H groups in total. The van der Waals surface area contributed by atoms with Crippen LogP contribution >= 0.6 is 23.2 Å². The summed E-state index contributed by atoms with van der Waals surface area (Å²) >= 11 is 12.0. The van der Waals surface area contributed by atoms with E-state index in [2.05, 4.69) is 5.32 Å². The number of hydrogen-bond acceptors (Lipinski definition) is 1. The Bertz CT molecular complexity index is 435. The molecule has 0 aliphatic heterocycles. The zero-order chi connectivity index (χ0) is 15.9. The Balaban J connectivity index is 2.60. The Morgan fingerprint density at radius 1 is 1.24 bits per heavy atom. The van der Waals surface area contributed by atoms with Crippen LogP contribution in [0.15, 0.2) is 18.2 Å². The van der Waals surface area contributed by atoms with E-state index in [9.17, 15) is 13.2 Å². The van der Waals surface area contributed by atoms with E-state index in [0.29, 0.717) is 22.9 Å². The van der Waals surface area contributed by atoms with Crippen LogP contribution in [0.1, 0.15) is 38.2 Å². The van der Waals surface area contributed by atoms with Gasteiger partial charge in [0.1, 0.15) is 0 Å². The van der Waals surface area contributed by atoms with Gasteiger partial charge in [0.25, 0.3) is 0 Å². The number of nitrogens with one attached hydrogen (secondary N) is 1. The van der Waals surface area contributed by atoms with Crippen LogP contribution < -0.4 is 5.32 Å². The summed E-state index contributed by atoms with van der Waals surface area (Å²) < 4.78 is 36.7. The van der Waals surface area contributed by atoms with Crippen molar-refractivity contribution in [1.82, 2.24) is 5.32 Å². The monoisotopic (exact) mass is 341 g/mol. The highest BCUT2D eigenvalue weighted by molar-refractivity contribution is 6.35. The maximum Gasteiger partial charge on any atom is 0.389 e. The standard InChI is InChI=1S/C15H20Cl2F3N/c1-2-8-21-13(4-3-7-15(18,19)20)9-11-5-6-12(16)10-14(11)17/h5-6,10,13,21H,2-4,7-9H2,1H3. The lowest BCUT2D eigenvalue weighted by molar-refractivity contribution is -0.135. The first-order valence-corrected chi connectivity index (χ1v) is 7.81. The zero-order valence-electron chi connectivity index (χ0n) is 11.9. The van der Waals surface area contributed by atoms with Gasteiger partial charge >= 0.3 is 6.18 Å². The SMILES string of the molecule is CCCNC(CCCC(F)(F)F)Cc1ccc(Cl)cc1Cl. The van der Waals surface area contributed by atoms with Crippen molar-refractivity contribution < 1.29 is 13.2 Å². The second-order valence-corrected chi connectivity index (χ2v) is 5.94. The van der Waals surface area contributed by atoms with E-state index in [4.69, 9.17) is 23.2 Å². The summed E-state index contributed by atoms with van der Waals surface area (Å²) in [6, 6.07) is 5.22. The average Bonchev–Trinajstić information content (AvgIpc) is 2.37. The molecule has 21 heavy (non-hydrogen) atoms. The van der Waals surface area contributed by atoms with Crippen LogP contribution in [0.4, 0.5) is 13.2 Å². The highest BCUT2D eigenvalue weighted by atomic mass is 35.5. The minimum absolute atomic E-state index is 0.00836. The molecular weight excluding hydrogens is 322 g/mol. The third kappa shape index (κ3) is 7.93. The molecular formula is C15H20Cl2F3N. The molecule has 0 spiro atoms. The van der Waals surface area contributed by atoms with E-state index in [1.165, 1.54) is 0 Å². The Hall–Kier alpha value is -0.450. The van der Waals surface area contributed by atoms with Crippen molar-refractivity contribution in [1.29, 1.82) is 0 Å². The summed E-state index contributed by atoms with van der Waals surface area (Å²) in [5.74, 6) is 0. The molecule has 1 aromatic rings. The summed E-state index contributed by atoms with van der Waals surface area (Å²) in [5, 5.41) is 4.40. The molecule has 1 unspecified atom stereocenters. The van der Waals surface area contributed by atoms with Crippen LogP contribution in [-0.2, 0) is 6.42 Å². The Morgan fingerprint density at radius 3 is 2.52 bits per heavy atom. The molecule has 1 atom stereocenters. The molecule has 0 bridgehead atoms. The Labute approximate surface area is 133 Å². The summed E-state index contributed by atoms with van der Waals surface area (Å²) in [6.07, 6.45) is -2.70. The van der Waals surface area contributed by atoms with Gasteiger partial charge in [-0.1, -0.05) is 36.2 Å². The van der Waals surface area contributed by atoms with Crippen LogP contribution in [-0.4, -0.2) is 18.8 Å². The van der Waals surface area contributed by atoms with Gasteiger partial charge in [0, 0.05) is 22.5 Å². The highest BCUT2D eigenvalue weighted by Crippen LogP contribution is 2.25. The van der Waals surface area contributed by atoms with Gasteiger partial charge in [-0.05, 0) is 49.9 Å². The molecule has 0 aliphatic rings. The quantitative estimate of drug-likeness (QED) is 0.645. The summed E-state index contributed by atoms with van der Waals surface area (Å²) in [7, 11) is 0. The zero-order valence-corrected chi connectivity index (χ0v) is 13.5. The number of benzene rings is 1. The van der Waals surface area contributed by atoms with Crippen molar-refractivity contribution in [2.75, 3.05) is 6.54 Å². The van der Waals surface area contributed by atoms with E-state index in [0.717, 1.165) is 18.5 Å². The number of halogens is 5. The van der Waals surface area contributed by atoms with Crippen LogP contribution in [0, 0.1) is 0 Å². The number of rotatable bonds is 8. The molecule has 0 amide bonds. The Kier molecular flexibility index (Phi) is 7.85. The lowest BCUT2D eigenvalue weighted by atomic mass is 10.0. The molecule has 0 saturated carbocycles. The molecule has 1 nitrogen and oxygen atoms in total. The average molecular weight is 342 g/mol. The van der Waals surface area contributed by atoms with Gasteiger partial charge in [0.2, 0.25) is 0 Å². The van der Waals surface area contributed by atoms with Gasteiger partial charge in [0.15, 0.2) is 0 Å². The second-order valence-electron chi connectivity index (χ2n) is 5.10. The lowest BCUT2D eigenvalue weighted by Crippen LogP contribution is -2.32. The van der Waals surface area contributed by atoms with Crippen molar-refractivity contribution >= 4 is 23.2 Å². The predicted molar refractivity (Wildman–Crippen MR) is 82.2 cm³/mol. The van der Waals surface area contributed by atoms with Gasteiger partial charge in [-0.15, -0.1) is 0 Å². The molecule has 1 rings (SSSR count). The molecule has 0 heterocycles. The molecule has 0 radical (unpaired) electrons. The van der Waals surface area contributed by atoms with Crippen LogP contribution in [0.2, 0.25) is 10.0 Å². The fourth-order valence-electron chi connectivity index (χ4n) is 2.13. The normalized spacial score (nSPS) is 13.4. The van der Waals surface area contributed by atoms with E-state index in [1.54, 1.807) is 12.1 Å². The molecule has 1 aromatic carbocycles. The molecule has 120 valence electrons. The smallest absolute Gasteiger partial charge is 0.314 e. The van der Waals surface area contributed by atoms with Crippen molar-refractivity contribution in [3.63, 3.8) is 0 Å². The van der Waals surface area contributed by atoms with Crippen molar-refractivity contribution in [2.45, 2.75) is 51.2 Å². The summed E-state index contributed by atoms with van der Waals surface area (Å²) in [5.41, 5.74) is 0.904. The summed E-state index contributed by atoms with van der Waals surface area (Å²) in [4.78, 5) is 0. The maximum atomic E-state index is 12.2. The molecule has 0 aliphatic carbocycles. The largest absolute Gasteiger partial charge is 0.389 e. The van der Waals surface area contributed by atoms with Crippen LogP contribution in [0.5, 0.6) is 0 Å². The first kappa shape index (κ1) is 18.6. The Morgan fingerprint density at radius 2 is 1.95 bits per heavy atom. The predicted octanol–water partition coefficient (Wildman–Crippen LogP) is 5.64. The molecule has 0 fully saturated rings. The fourth-order valence-corrected chi connectivity index (χ4v) is 2.61. The van der Waals surface area contributed by atoms with E-state index < -0.39 is 12.6 Å². The van der Waals surface area contributed by atoms with Crippen molar-refractivity contribution in [3.05, 3.63) is 33.8 Å². The van der Waals surface area contributed by atoms with Gasteiger partial charge in [-0.3, -0.25) is 0 Å². The molecule has 0 aromatic heterocycles. The van der Waals surface area contributed by atoms with Gasteiger partial charge in [-0.2, -0.15) is 13.2 Å². The minimum Gasteiger partial charge on any atom is -0.314 e.